The molecule has 1 atom stereocenters. The molecule has 0 unspecified atom stereocenters. The summed E-state index contributed by atoms with van der Waals surface area (Å²) in [6, 6.07) is 9.32. The highest BCUT2D eigenvalue weighted by Gasteiger charge is 2.29. The second-order valence-electron chi connectivity index (χ2n) is 6.86. The Morgan fingerprint density at radius 2 is 2.24 bits per heavy atom. The lowest BCUT2D eigenvalue weighted by atomic mass is 10.1. The van der Waals surface area contributed by atoms with Crippen molar-refractivity contribution in [2.45, 2.75) is 6.04 Å². The van der Waals surface area contributed by atoms with E-state index < -0.39 is 6.04 Å². The molecule has 0 aromatic carbocycles. The monoisotopic (exact) mass is 404 g/mol. The van der Waals surface area contributed by atoms with Gasteiger partial charge in [-0.3, -0.25) is 9.48 Å². The summed E-state index contributed by atoms with van der Waals surface area (Å²) >= 11 is 1.34. The molecule has 5 heterocycles. The maximum atomic E-state index is 12.9. The highest BCUT2D eigenvalue weighted by Crippen LogP contribution is 2.29. The lowest BCUT2D eigenvalue weighted by molar-refractivity contribution is 0.0135. The molecule has 4 aromatic rings. The van der Waals surface area contributed by atoms with Crippen LogP contribution in [0.25, 0.3) is 32.5 Å². The lowest BCUT2D eigenvalue weighted by Crippen LogP contribution is -2.47. The third-order valence-electron chi connectivity index (χ3n) is 4.90. The molecule has 144 valence electrons. The van der Waals surface area contributed by atoms with Crippen LogP contribution in [0.4, 0.5) is 0 Å². The van der Waals surface area contributed by atoms with Gasteiger partial charge in [0.25, 0.3) is 5.91 Å². The predicted octanol–water partition coefficient (Wildman–Crippen LogP) is 2.61. The van der Waals surface area contributed by atoms with Gasteiger partial charge in [0.1, 0.15) is 10.9 Å². The van der Waals surface area contributed by atoms with Gasteiger partial charge in [-0.15, -0.1) is 11.3 Å². The molecule has 1 aliphatic rings. The van der Waals surface area contributed by atoms with Crippen molar-refractivity contribution in [2.75, 3.05) is 19.8 Å². The van der Waals surface area contributed by atoms with Gasteiger partial charge in [-0.1, -0.05) is 0 Å². The number of hydrogen-bond donors (Lipinski definition) is 0. The fraction of sp³-hybridized carbons (Fsp3) is 0.250. The molecule has 0 radical (unpaired) electrons. The van der Waals surface area contributed by atoms with E-state index in [1.54, 1.807) is 15.8 Å². The summed E-state index contributed by atoms with van der Waals surface area (Å²) < 4.78 is 7.04. The third-order valence-corrected chi connectivity index (χ3v) is 5.93. The lowest BCUT2D eigenvalue weighted by Gasteiger charge is -2.30. The van der Waals surface area contributed by atoms with Gasteiger partial charge < -0.3 is 9.64 Å². The van der Waals surface area contributed by atoms with Crippen LogP contribution in [0.1, 0.15) is 9.67 Å². The molecule has 1 aliphatic heterocycles. The van der Waals surface area contributed by atoms with Crippen LogP contribution in [-0.4, -0.2) is 56.4 Å². The van der Waals surface area contributed by atoms with Crippen molar-refractivity contribution in [1.29, 1.82) is 5.26 Å². The van der Waals surface area contributed by atoms with E-state index in [-0.39, 0.29) is 12.5 Å². The number of ether oxygens (including phenoxy) is 1. The van der Waals surface area contributed by atoms with Gasteiger partial charge in [0.2, 0.25) is 0 Å². The van der Waals surface area contributed by atoms with Crippen molar-refractivity contribution in [3.05, 3.63) is 41.5 Å². The summed E-state index contributed by atoms with van der Waals surface area (Å²) in [5, 5.41) is 15.4. The molecule has 9 heteroatoms. The first kappa shape index (κ1) is 17.7. The Kier molecular flexibility index (Phi) is 4.23. The Balaban J connectivity index is 1.49. The van der Waals surface area contributed by atoms with Gasteiger partial charge in [0, 0.05) is 42.3 Å². The van der Waals surface area contributed by atoms with Gasteiger partial charge in [-0.2, -0.15) is 10.4 Å². The number of fused-ring (bicyclic) bond motifs is 2. The summed E-state index contributed by atoms with van der Waals surface area (Å²) in [4.78, 5) is 25.0. The van der Waals surface area contributed by atoms with E-state index >= 15 is 0 Å². The molecule has 0 N–H and O–H groups in total. The van der Waals surface area contributed by atoms with Crippen LogP contribution in [0.15, 0.2) is 36.7 Å². The SMILES string of the molecule is Cn1cc2cc(-c3ccc4cc(C(=O)N5CCOC[C@H]5C#N)sc4n3)cnc2n1. The molecule has 5 rings (SSSR count). The fourth-order valence-electron chi connectivity index (χ4n) is 3.45. The summed E-state index contributed by atoms with van der Waals surface area (Å²) in [7, 11) is 1.86. The number of nitrogens with zero attached hydrogens (tertiary/aromatic N) is 6. The van der Waals surface area contributed by atoms with Crippen LogP contribution in [0.3, 0.4) is 0 Å². The minimum absolute atomic E-state index is 0.150. The van der Waals surface area contributed by atoms with Crippen molar-refractivity contribution < 1.29 is 9.53 Å². The highest BCUT2D eigenvalue weighted by atomic mass is 32.1. The van der Waals surface area contributed by atoms with Crippen LogP contribution in [0, 0.1) is 11.3 Å². The molecule has 0 saturated carbocycles. The largest absolute Gasteiger partial charge is 0.376 e. The number of pyridine rings is 2. The minimum Gasteiger partial charge on any atom is -0.376 e. The van der Waals surface area contributed by atoms with E-state index in [4.69, 9.17) is 9.72 Å². The smallest absolute Gasteiger partial charge is 0.265 e. The first-order valence-electron chi connectivity index (χ1n) is 9.11. The normalized spacial score (nSPS) is 17.0. The second kappa shape index (κ2) is 6.92. The number of rotatable bonds is 2. The molecule has 0 aliphatic carbocycles. The molecule has 0 spiro atoms. The van der Waals surface area contributed by atoms with Gasteiger partial charge >= 0.3 is 0 Å². The molecule has 1 fully saturated rings. The van der Waals surface area contributed by atoms with Crippen molar-refractivity contribution in [3.63, 3.8) is 0 Å². The quantitative estimate of drug-likeness (QED) is 0.509. The van der Waals surface area contributed by atoms with Crippen LogP contribution < -0.4 is 0 Å². The number of carbonyl (C=O) groups excluding carboxylic acids is 1. The molecule has 29 heavy (non-hydrogen) atoms. The molecule has 0 bridgehead atoms. The summed E-state index contributed by atoms with van der Waals surface area (Å²) in [5.74, 6) is -0.150. The first-order chi connectivity index (χ1) is 14.1. The van der Waals surface area contributed by atoms with E-state index in [1.807, 2.05) is 37.5 Å². The average Bonchev–Trinajstić information content (AvgIpc) is 3.34. The molecule has 8 nitrogen and oxygen atoms in total. The van der Waals surface area contributed by atoms with E-state index in [0.717, 1.165) is 26.9 Å². The number of aromatic nitrogens is 4. The molecule has 1 amide bonds. The number of aryl methyl sites for hydroxylation is 1. The average molecular weight is 404 g/mol. The second-order valence-corrected chi connectivity index (χ2v) is 7.89. The molecule has 4 aromatic heterocycles. The fourth-order valence-corrected chi connectivity index (χ4v) is 4.44. The highest BCUT2D eigenvalue weighted by molar-refractivity contribution is 7.20. The topological polar surface area (TPSA) is 96.9 Å². The summed E-state index contributed by atoms with van der Waals surface area (Å²) in [5.41, 5.74) is 2.38. The van der Waals surface area contributed by atoms with Crippen LogP contribution >= 0.6 is 11.3 Å². The number of hydrogen-bond acceptors (Lipinski definition) is 7. The number of amides is 1. The number of morpholine rings is 1. The Morgan fingerprint density at radius 1 is 1.34 bits per heavy atom. The van der Waals surface area contributed by atoms with E-state index in [2.05, 4.69) is 16.2 Å². The Hall–Kier alpha value is -3.35. The van der Waals surface area contributed by atoms with Crippen LogP contribution in [0.5, 0.6) is 0 Å². The Morgan fingerprint density at radius 3 is 3.10 bits per heavy atom. The maximum absolute atomic E-state index is 12.9. The molecular formula is C20H16N6O2S. The zero-order valence-electron chi connectivity index (χ0n) is 15.6. The van der Waals surface area contributed by atoms with E-state index in [1.165, 1.54) is 11.3 Å². The standard InChI is InChI=1S/C20H16N6O2S/c1-25-10-14-6-13(9-22-18(14)24-25)16-3-2-12-7-17(29-19(12)23-16)20(27)26-4-5-28-11-15(26)8-21/h2-3,6-7,9-10,15H,4-5,11H2,1H3/t15-/m1/s1. The zero-order valence-corrected chi connectivity index (χ0v) is 16.4. The Labute approximate surface area is 170 Å². The van der Waals surface area contributed by atoms with Gasteiger partial charge in [0.15, 0.2) is 5.65 Å². The summed E-state index contributed by atoms with van der Waals surface area (Å²) in [6.07, 6.45) is 3.68. The molecule has 1 saturated heterocycles. The van der Waals surface area contributed by atoms with Gasteiger partial charge in [0.05, 0.1) is 29.9 Å². The number of carbonyl (C=O) groups is 1. The van der Waals surface area contributed by atoms with E-state index in [9.17, 15) is 10.1 Å². The maximum Gasteiger partial charge on any atom is 0.265 e. The van der Waals surface area contributed by atoms with Crippen molar-refractivity contribution >= 4 is 38.5 Å². The van der Waals surface area contributed by atoms with Gasteiger partial charge in [-0.25, -0.2) is 9.97 Å². The molecular weight excluding hydrogens is 388 g/mol. The van der Waals surface area contributed by atoms with Crippen molar-refractivity contribution in [1.82, 2.24) is 24.6 Å². The first-order valence-corrected chi connectivity index (χ1v) is 9.93. The van der Waals surface area contributed by atoms with Crippen LogP contribution in [-0.2, 0) is 11.8 Å². The van der Waals surface area contributed by atoms with Crippen molar-refractivity contribution in [3.8, 4) is 17.3 Å². The number of nitriles is 1. The Bertz CT molecular complexity index is 1290. The van der Waals surface area contributed by atoms with Crippen LogP contribution in [0.2, 0.25) is 0 Å². The van der Waals surface area contributed by atoms with E-state index in [0.29, 0.717) is 23.7 Å². The third kappa shape index (κ3) is 3.12. The minimum atomic E-state index is -0.553. The number of thiophene rings is 1. The van der Waals surface area contributed by atoms with Crippen molar-refractivity contribution in [2.24, 2.45) is 7.05 Å². The summed E-state index contributed by atoms with van der Waals surface area (Å²) in [6.45, 7) is 1.11. The zero-order chi connectivity index (χ0) is 20.0. The van der Waals surface area contributed by atoms with Gasteiger partial charge in [-0.05, 0) is 24.3 Å². The predicted molar refractivity (Wildman–Crippen MR) is 108 cm³/mol.